The fraction of sp³-hybridized carbons (Fsp3) is 0.643. The molecule has 1 aromatic rings. The summed E-state index contributed by atoms with van der Waals surface area (Å²) in [5.74, 6) is -0.908. The molecular formula is C14H22N4O3. The summed E-state index contributed by atoms with van der Waals surface area (Å²) in [6.07, 6.45) is 1.18. The Labute approximate surface area is 123 Å². The van der Waals surface area contributed by atoms with Crippen LogP contribution in [-0.2, 0) is 9.59 Å². The van der Waals surface area contributed by atoms with Crippen LogP contribution >= 0.6 is 0 Å². The minimum Gasteiger partial charge on any atom is -0.481 e. The highest BCUT2D eigenvalue weighted by Gasteiger charge is 2.43. The number of nitrogens with zero attached hydrogens (tertiary/aromatic N) is 2. The number of anilines is 1. The zero-order valence-corrected chi connectivity index (χ0v) is 12.7. The molecule has 2 rings (SSSR count). The molecule has 7 nitrogen and oxygen atoms in total. The maximum Gasteiger partial charge on any atom is 0.310 e. The molecule has 1 fully saturated rings. The van der Waals surface area contributed by atoms with Gasteiger partial charge in [-0.25, -0.2) is 0 Å². The maximum absolute atomic E-state index is 12.1. The third-order valence-corrected chi connectivity index (χ3v) is 4.32. The van der Waals surface area contributed by atoms with Crippen LogP contribution in [0.15, 0.2) is 0 Å². The number of amides is 1. The van der Waals surface area contributed by atoms with Gasteiger partial charge in [0.2, 0.25) is 5.91 Å². The van der Waals surface area contributed by atoms with E-state index in [0.29, 0.717) is 31.6 Å². The Morgan fingerprint density at radius 3 is 2.67 bits per heavy atom. The van der Waals surface area contributed by atoms with E-state index in [-0.39, 0.29) is 12.5 Å². The van der Waals surface area contributed by atoms with E-state index in [1.54, 1.807) is 0 Å². The first-order valence-electron chi connectivity index (χ1n) is 7.15. The summed E-state index contributed by atoms with van der Waals surface area (Å²) in [5, 5.41) is 19.0. The van der Waals surface area contributed by atoms with Crippen molar-refractivity contribution in [3.8, 4) is 0 Å². The predicted molar refractivity (Wildman–Crippen MR) is 78.1 cm³/mol. The first kappa shape index (κ1) is 15.5. The molecule has 1 saturated heterocycles. The lowest BCUT2D eigenvalue weighted by atomic mass is 9.84. The van der Waals surface area contributed by atoms with Crippen LogP contribution in [0, 0.1) is 19.3 Å². The topological polar surface area (TPSA) is 98.3 Å². The highest BCUT2D eigenvalue weighted by molar-refractivity contribution is 5.93. The number of carbonyl (C=O) groups excluding carboxylic acids is 1. The first-order valence-corrected chi connectivity index (χ1v) is 7.15. The van der Waals surface area contributed by atoms with Gasteiger partial charge in [-0.3, -0.25) is 19.6 Å². The molecule has 0 aromatic carbocycles. The number of aromatic nitrogens is 2. The molecule has 1 amide bonds. The lowest BCUT2D eigenvalue weighted by molar-refractivity contribution is -0.148. The Kier molecular flexibility index (Phi) is 4.32. The summed E-state index contributed by atoms with van der Waals surface area (Å²) in [4.78, 5) is 25.4. The van der Waals surface area contributed by atoms with Crippen molar-refractivity contribution >= 4 is 17.6 Å². The van der Waals surface area contributed by atoms with E-state index in [4.69, 9.17) is 0 Å². The Balaban J connectivity index is 1.94. The summed E-state index contributed by atoms with van der Waals surface area (Å²) >= 11 is 0. The standard InChI is InChI=1S/C14H22N4O3/c1-4-14(13(20)21)5-6-18(8-14)7-11(19)15-12-9(2)16-17-10(12)3/h4-8H2,1-3H3,(H,15,19)(H,16,17)(H,20,21). The normalized spacial score (nSPS) is 22.4. The van der Waals surface area contributed by atoms with E-state index in [0.717, 1.165) is 11.4 Å². The van der Waals surface area contributed by atoms with Crippen LogP contribution in [0.5, 0.6) is 0 Å². The fourth-order valence-corrected chi connectivity index (χ4v) is 2.82. The van der Waals surface area contributed by atoms with Gasteiger partial charge in [-0.1, -0.05) is 6.92 Å². The Hall–Kier alpha value is -1.89. The molecule has 1 aliphatic rings. The maximum atomic E-state index is 12.1. The lowest BCUT2D eigenvalue weighted by Gasteiger charge is -2.22. The van der Waals surface area contributed by atoms with Crippen LogP contribution in [0.4, 0.5) is 5.69 Å². The van der Waals surface area contributed by atoms with Crippen LogP contribution in [0.1, 0.15) is 31.2 Å². The van der Waals surface area contributed by atoms with Crippen molar-refractivity contribution < 1.29 is 14.7 Å². The van der Waals surface area contributed by atoms with Gasteiger partial charge in [-0.2, -0.15) is 5.10 Å². The summed E-state index contributed by atoms with van der Waals surface area (Å²) < 4.78 is 0. The smallest absolute Gasteiger partial charge is 0.310 e. The highest BCUT2D eigenvalue weighted by Crippen LogP contribution is 2.34. The second kappa shape index (κ2) is 5.85. The average Bonchev–Trinajstić information content (AvgIpc) is 2.98. The van der Waals surface area contributed by atoms with E-state index in [9.17, 15) is 14.7 Å². The largest absolute Gasteiger partial charge is 0.481 e. The molecule has 0 spiro atoms. The number of carboxylic acid groups (broad SMARTS) is 1. The molecule has 21 heavy (non-hydrogen) atoms. The van der Waals surface area contributed by atoms with E-state index in [1.165, 1.54) is 0 Å². The minimum absolute atomic E-state index is 0.139. The van der Waals surface area contributed by atoms with Crippen molar-refractivity contribution in [2.24, 2.45) is 5.41 Å². The Bertz CT molecular complexity index is 535. The minimum atomic E-state index is -0.769. The SMILES string of the molecule is CCC1(C(=O)O)CCN(CC(=O)Nc2c(C)n[nH]c2C)C1. The van der Waals surface area contributed by atoms with Gasteiger partial charge in [0, 0.05) is 6.54 Å². The van der Waals surface area contributed by atoms with E-state index in [1.807, 2.05) is 25.7 Å². The zero-order chi connectivity index (χ0) is 15.6. The van der Waals surface area contributed by atoms with Crippen LogP contribution in [0.2, 0.25) is 0 Å². The second-order valence-electron chi connectivity index (χ2n) is 5.76. The van der Waals surface area contributed by atoms with Crippen molar-refractivity contribution in [2.45, 2.75) is 33.6 Å². The fourth-order valence-electron chi connectivity index (χ4n) is 2.82. The first-order chi connectivity index (χ1) is 9.88. The number of hydrogen-bond acceptors (Lipinski definition) is 4. The number of nitrogens with one attached hydrogen (secondary N) is 2. The van der Waals surface area contributed by atoms with Gasteiger partial charge in [0.25, 0.3) is 0 Å². The number of rotatable bonds is 5. The molecular weight excluding hydrogens is 272 g/mol. The van der Waals surface area contributed by atoms with Gasteiger partial charge in [0.15, 0.2) is 0 Å². The van der Waals surface area contributed by atoms with E-state index < -0.39 is 11.4 Å². The van der Waals surface area contributed by atoms with Gasteiger partial charge in [0.05, 0.1) is 29.0 Å². The molecule has 0 aliphatic carbocycles. The van der Waals surface area contributed by atoms with Gasteiger partial charge in [-0.15, -0.1) is 0 Å². The molecule has 0 radical (unpaired) electrons. The molecule has 0 saturated carbocycles. The predicted octanol–water partition coefficient (Wildman–Crippen LogP) is 1.15. The van der Waals surface area contributed by atoms with Crippen LogP contribution in [0.3, 0.4) is 0 Å². The molecule has 1 unspecified atom stereocenters. The molecule has 1 atom stereocenters. The number of aromatic amines is 1. The highest BCUT2D eigenvalue weighted by atomic mass is 16.4. The van der Waals surface area contributed by atoms with Crippen molar-refractivity contribution in [3.63, 3.8) is 0 Å². The van der Waals surface area contributed by atoms with Crippen molar-refractivity contribution in [2.75, 3.05) is 25.0 Å². The van der Waals surface area contributed by atoms with E-state index in [2.05, 4.69) is 15.5 Å². The number of aliphatic carboxylic acids is 1. The number of likely N-dealkylation sites (tertiary alicyclic amines) is 1. The molecule has 1 aromatic heterocycles. The number of H-pyrrole nitrogens is 1. The third-order valence-electron chi connectivity index (χ3n) is 4.32. The number of hydrogen-bond donors (Lipinski definition) is 3. The Morgan fingerprint density at radius 1 is 1.48 bits per heavy atom. The van der Waals surface area contributed by atoms with Crippen molar-refractivity contribution in [3.05, 3.63) is 11.4 Å². The average molecular weight is 294 g/mol. The van der Waals surface area contributed by atoms with Gasteiger partial charge in [-0.05, 0) is 33.2 Å². The van der Waals surface area contributed by atoms with Crippen LogP contribution in [0.25, 0.3) is 0 Å². The molecule has 3 N–H and O–H groups in total. The summed E-state index contributed by atoms with van der Waals surface area (Å²) in [5.41, 5.74) is 1.56. The van der Waals surface area contributed by atoms with E-state index >= 15 is 0 Å². The molecule has 1 aliphatic heterocycles. The van der Waals surface area contributed by atoms with Gasteiger partial charge in [0.1, 0.15) is 0 Å². The summed E-state index contributed by atoms with van der Waals surface area (Å²) in [6, 6.07) is 0. The number of aryl methyl sites for hydroxylation is 2. The number of carboxylic acids is 1. The Morgan fingerprint density at radius 2 is 2.19 bits per heavy atom. The summed E-state index contributed by atoms with van der Waals surface area (Å²) in [7, 11) is 0. The number of carbonyl (C=O) groups is 2. The molecule has 7 heteroatoms. The molecule has 0 bridgehead atoms. The van der Waals surface area contributed by atoms with Gasteiger partial charge < -0.3 is 10.4 Å². The quantitative estimate of drug-likeness (QED) is 0.756. The third kappa shape index (κ3) is 3.07. The lowest BCUT2D eigenvalue weighted by Crippen LogP contribution is -2.37. The van der Waals surface area contributed by atoms with Crippen LogP contribution < -0.4 is 5.32 Å². The molecule has 116 valence electrons. The van der Waals surface area contributed by atoms with Crippen molar-refractivity contribution in [1.82, 2.24) is 15.1 Å². The zero-order valence-electron chi connectivity index (χ0n) is 12.7. The van der Waals surface area contributed by atoms with Crippen LogP contribution in [-0.4, -0.2) is 51.7 Å². The second-order valence-corrected chi connectivity index (χ2v) is 5.76. The van der Waals surface area contributed by atoms with Crippen molar-refractivity contribution in [1.29, 1.82) is 0 Å². The van der Waals surface area contributed by atoms with Gasteiger partial charge >= 0.3 is 5.97 Å². The summed E-state index contributed by atoms with van der Waals surface area (Å²) in [6.45, 7) is 6.82. The monoisotopic (exact) mass is 294 g/mol. The molecule has 2 heterocycles.